The molecule has 1 aromatic carbocycles. The van der Waals surface area contributed by atoms with E-state index in [0.717, 1.165) is 68.0 Å². The van der Waals surface area contributed by atoms with Crippen LogP contribution in [0.2, 0.25) is 0 Å². The van der Waals surface area contributed by atoms with Gasteiger partial charge in [0.2, 0.25) is 0 Å². The molecule has 0 bridgehead atoms. The standard InChI is InChI=1S/C25H30N6O/c1-4-29(5-2)20-12-13-30(16-20)24(32)22-15-27-31(17(22)3)25-26-14-19-11-10-18-8-6-7-9-21(18)23(19)28-25/h6-9,14-15,20H,4-5,10-13,16H2,1-3H3/t20-/m1/s1. The van der Waals surface area contributed by atoms with E-state index in [4.69, 9.17) is 4.98 Å². The van der Waals surface area contributed by atoms with Crippen LogP contribution in [-0.2, 0) is 12.8 Å². The number of fused-ring (bicyclic) bond motifs is 3. The van der Waals surface area contributed by atoms with Gasteiger partial charge in [-0.15, -0.1) is 0 Å². The van der Waals surface area contributed by atoms with Crippen LogP contribution in [0.3, 0.4) is 0 Å². The van der Waals surface area contributed by atoms with Crippen LogP contribution in [0.4, 0.5) is 0 Å². The van der Waals surface area contributed by atoms with Gasteiger partial charge in [-0.3, -0.25) is 9.69 Å². The van der Waals surface area contributed by atoms with Crippen molar-refractivity contribution in [3.63, 3.8) is 0 Å². The SMILES string of the molecule is CCN(CC)[C@@H]1CCN(C(=O)c2cnn(-c3ncc4c(n3)-c3ccccc3CC4)c2C)C1. The second-order valence-electron chi connectivity index (χ2n) is 8.67. The maximum Gasteiger partial charge on any atom is 0.257 e. The van der Waals surface area contributed by atoms with Crippen molar-refractivity contribution in [1.82, 2.24) is 29.5 Å². The number of likely N-dealkylation sites (N-methyl/N-ethyl adjacent to an activating group) is 1. The maximum atomic E-state index is 13.3. The number of carbonyl (C=O) groups is 1. The highest BCUT2D eigenvalue weighted by Gasteiger charge is 2.31. The number of aromatic nitrogens is 4. The third-order valence-electron chi connectivity index (χ3n) is 7.00. The molecule has 0 unspecified atom stereocenters. The van der Waals surface area contributed by atoms with E-state index >= 15 is 0 Å². The van der Waals surface area contributed by atoms with E-state index in [1.165, 1.54) is 5.56 Å². The fourth-order valence-electron chi connectivity index (χ4n) is 5.11. The Morgan fingerprint density at radius 3 is 2.72 bits per heavy atom. The third-order valence-corrected chi connectivity index (χ3v) is 7.00. The number of benzene rings is 1. The molecule has 5 rings (SSSR count). The molecule has 1 amide bonds. The largest absolute Gasteiger partial charge is 0.337 e. The number of amides is 1. The molecule has 0 N–H and O–H groups in total. The van der Waals surface area contributed by atoms with Gasteiger partial charge in [-0.2, -0.15) is 5.10 Å². The zero-order chi connectivity index (χ0) is 22.2. The molecule has 1 aliphatic heterocycles. The first kappa shape index (κ1) is 20.8. The minimum absolute atomic E-state index is 0.0479. The summed E-state index contributed by atoms with van der Waals surface area (Å²) in [7, 11) is 0. The molecule has 166 valence electrons. The first-order valence-electron chi connectivity index (χ1n) is 11.6. The lowest BCUT2D eigenvalue weighted by Crippen LogP contribution is -2.38. The molecule has 1 atom stereocenters. The molecule has 32 heavy (non-hydrogen) atoms. The van der Waals surface area contributed by atoms with Crippen LogP contribution in [0.5, 0.6) is 0 Å². The van der Waals surface area contributed by atoms with Gasteiger partial charge in [-0.1, -0.05) is 38.1 Å². The highest BCUT2D eigenvalue weighted by molar-refractivity contribution is 5.95. The summed E-state index contributed by atoms with van der Waals surface area (Å²) in [5.74, 6) is 0.561. The van der Waals surface area contributed by atoms with Gasteiger partial charge in [-0.05, 0) is 50.4 Å². The van der Waals surface area contributed by atoms with E-state index < -0.39 is 0 Å². The van der Waals surface area contributed by atoms with Gasteiger partial charge in [0, 0.05) is 30.9 Å². The maximum absolute atomic E-state index is 13.3. The van der Waals surface area contributed by atoms with Gasteiger partial charge >= 0.3 is 0 Å². The average Bonchev–Trinajstić information content (AvgIpc) is 3.46. The second-order valence-corrected chi connectivity index (χ2v) is 8.67. The zero-order valence-electron chi connectivity index (χ0n) is 19.1. The van der Waals surface area contributed by atoms with Crippen molar-refractivity contribution in [2.75, 3.05) is 26.2 Å². The zero-order valence-corrected chi connectivity index (χ0v) is 19.1. The van der Waals surface area contributed by atoms with Gasteiger partial charge in [0.15, 0.2) is 0 Å². The summed E-state index contributed by atoms with van der Waals surface area (Å²) < 4.78 is 1.70. The molecule has 2 aliphatic rings. The van der Waals surface area contributed by atoms with Crippen molar-refractivity contribution < 1.29 is 4.79 Å². The van der Waals surface area contributed by atoms with Crippen molar-refractivity contribution in [2.45, 2.75) is 46.1 Å². The first-order chi connectivity index (χ1) is 15.6. The molecule has 3 heterocycles. The van der Waals surface area contributed by atoms with Gasteiger partial charge in [0.1, 0.15) is 0 Å². The van der Waals surface area contributed by atoms with Crippen LogP contribution >= 0.6 is 0 Å². The molecule has 1 saturated heterocycles. The number of likely N-dealkylation sites (tertiary alicyclic amines) is 1. The smallest absolute Gasteiger partial charge is 0.257 e. The van der Waals surface area contributed by atoms with E-state index in [-0.39, 0.29) is 5.91 Å². The van der Waals surface area contributed by atoms with Crippen LogP contribution in [-0.4, -0.2) is 67.7 Å². The fraction of sp³-hybridized carbons (Fsp3) is 0.440. The Bertz CT molecular complexity index is 1150. The van der Waals surface area contributed by atoms with E-state index in [9.17, 15) is 4.79 Å². The third kappa shape index (κ3) is 3.50. The summed E-state index contributed by atoms with van der Waals surface area (Å²) in [6.07, 6.45) is 6.55. The van der Waals surface area contributed by atoms with E-state index in [1.807, 2.05) is 24.1 Å². The monoisotopic (exact) mass is 430 g/mol. The minimum atomic E-state index is 0.0479. The van der Waals surface area contributed by atoms with Gasteiger partial charge in [0.05, 0.1) is 23.1 Å². The molecule has 0 radical (unpaired) electrons. The number of aryl methyl sites for hydroxylation is 2. The molecule has 0 saturated carbocycles. The normalized spacial score (nSPS) is 17.5. The summed E-state index contributed by atoms with van der Waals surface area (Å²) in [6, 6.07) is 8.85. The molecular weight excluding hydrogens is 400 g/mol. The van der Waals surface area contributed by atoms with Crippen LogP contribution in [0.15, 0.2) is 36.7 Å². The molecule has 7 heteroatoms. The Labute approximate surface area is 189 Å². The average molecular weight is 431 g/mol. The summed E-state index contributed by atoms with van der Waals surface area (Å²) in [5.41, 5.74) is 6.03. The number of nitrogens with zero attached hydrogens (tertiary/aromatic N) is 6. The van der Waals surface area contributed by atoms with Crippen LogP contribution in [0.1, 0.15) is 47.4 Å². The van der Waals surface area contributed by atoms with Crippen LogP contribution < -0.4 is 0 Å². The van der Waals surface area contributed by atoms with E-state index in [0.29, 0.717) is 17.6 Å². The van der Waals surface area contributed by atoms with Gasteiger partial charge < -0.3 is 4.90 Å². The lowest BCUT2D eigenvalue weighted by Gasteiger charge is -2.26. The summed E-state index contributed by atoms with van der Waals surface area (Å²) in [6.45, 7) is 9.87. The van der Waals surface area contributed by atoms with Crippen molar-refractivity contribution in [1.29, 1.82) is 0 Å². The molecule has 3 aromatic rings. The topological polar surface area (TPSA) is 67.2 Å². The first-order valence-corrected chi connectivity index (χ1v) is 11.6. The summed E-state index contributed by atoms with van der Waals surface area (Å²) in [4.78, 5) is 27.1. The van der Waals surface area contributed by atoms with Crippen molar-refractivity contribution in [3.05, 3.63) is 59.0 Å². The number of hydrogen-bond acceptors (Lipinski definition) is 5. The fourth-order valence-corrected chi connectivity index (χ4v) is 5.11. The number of carbonyl (C=O) groups excluding carboxylic acids is 1. The Kier molecular flexibility index (Phi) is 5.51. The molecule has 1 fully saturated rings. The Morgan fingerprint density at radius 1 is 1.12 bits per heavy atom. The lowest BCUT2D eigenvalue weighted by atomic mass is 9.90. The minimum Gasteiger partial charge on any atom is -0.337 e. The quantitative estimate of drug-likeness (QED) is 0.621. The number of rotatable bonds is 5. The lowest BCUT2D eigenvalue weighted by molar-refractivity contribution is 0.0777. The van der Waals surface area contributed by atoms with Crippen molar-refractivity contribution >= 4 is 5.91 Å². The Morgan fingerprint density at radius 2 is 1.91 bits per heavy atom. The molecule has 2 aromatic heterocycles. The predicted octanol–water partition coefficient (Wildman–Crippen LogP) is 3.29. The Hall–Kier alpha value is -3.06. The molecule has 7 nitrogen and oxygen atoms in total. The molecule has 0 spiro atoms. The summed E-state index contributed by atoms with van der Waals surface area (Å²) >= 11 is 0. The van der Waals surface area contributed by atoms with Crippen molar-refractivity contribution in [2.24, 2.45) is 0 Å². The molecule has 1 aliphatic carbocycles. The molecular formula is C25H30N6O. The predicted molar refractivity (Wildman–Crippen MR) is 124 cm³/mol. The van der Waals surface area contributed by atoms with Gasteiger partial charge in [-0.25, -0.2) is 14.6 Å². The van der Waals surface area contributed by atoms with Crippen molar-refractivity contribution in [3.8, 4) is 17.2 Å². The van der Waals surface area contributed by atoms with Gasteiger partial charge in [0.25, 0.3) is 11.9 Å². The Balaban J connectivity index is 1.41. The van der Waals surface area contributed by atoms with E-state index in [2.05, 4.69) is 47.0 Å². The van der Waals surface area contributed by atoms with Crippen LogP contribution in [0, 0.1) is 6.92 Å². The number of hydrogen-bond donors (Lipinski definition) is 0. The second kappa shape index (κ2) is 8.47. The highest BCUT2D eigenvalue weighted by Crippen LogP contribution is 2.32. The van der Waals surface area contributed by atoms with Crippen LogP contribution in [0.25, 0.3) is 17.2 Å². The summed E-state index contributed by atoms with van der Waals surface area (Å²) in [5, 5.41) is 4.50. The highest BCUT2D eigenvalue weighted by atomic mass is 16.2. The van der Waals surface area contributed by atoms with E-state index in [1.54, 1.807) is 10.9 Å².